The van der Waals surface area contributed by atoms with Crippen molar-refractivity contribution in [3.8, 4) is 0 Å². The lowest BCUT2D eigenvalue weighted by Gasteiger charge is -2.25. The average Bonchev–Trinajstić information content (AvgIpc) is 2.46. The Bertz CT molecular complexity index is 526. The molecule has 0 atom stereocenters. The molecular weight excluding hydrogens is 366 g/mol. The summed E-state index contributed by atoms with van der Waals surface area (Å²) in [5.41, 5.74) is 3.95. The van der Waals surface area contributed by atoms with Crippen molar-refractivity contribution in [1.29, 1.82) is 0 Å². The number of rotatable bonds is 5. The molecule has 0 aliphatic carbocycles. The third kappa shape index (κ3) is 3.83. The molecule has 0 aromatic heterocycles. The molecule has 2 aromatic carbocycles. The van der Waals surface area contributed by atoms with Gasteiger partial charge in [-0.15, -0.1) is 0 Å². The van der Waals surface area contributed by atoms with E-state index in [1.54, 1.807) is 0 Å². The summed E-state index contributed by atoms with van der Waals surface area (Å²) in [6, 6.07) is 17.1. The molecule has 0 bridgehead atoms. The SMILES string of the molecule is CCN(Cc1ccccc1)c1ccc(Br)cc1CBr. The Kier molecular flexibility index (Phi) is 5.46. The summed E-state index contributed by atoms with van der Waals surface area (Å²) in [6.07, 6.45) is 0. The lowest BCUT2D eigenvalue weighted by Crippen LogP contribution is -2.23. The molecule has 0 aliphatic rings. The molecule has 0 heterocycles. The quantitative estimate of drug-likeness (QED) is 0.628. The van der Waals surface area contributed by atoms with E-state index in [4.69, 9.17) is 0 Å². The van der Waals surface area contributed by atoms with Gasteiger partial charge >= 0.3 is 0 Å². The van der Waals surface area contributed by atoms with E-state index < -0.39 is 0 Å². The molecule has 0 radical (unpaired) electrons. The van der Waals surface area contributed by atoms with Crippen LogP contribution in [-0.4, -0.2) is 6.54 Å². The Morgan fingerprint density at radius 2 is 1.79 bits per heavy atom. The van der Waals surface area contributed by atoms with Gasteiger partial charge in [-0.3, -0.25) is 0 Å². The fourth-order valence-electron chi connectivity index (χ4n) is 2.14. The van der Waals surface area contributed by atoms with Crippen LogP contribution in [0.4, 0.5) is 5.69 Å². The first-order valence-corrected chi connectivity index (χ1v) is 8.29. The monoisotopic (exact) mass is 381 g/mol. The molecule has 0 N–H and O–H groups in total. The molecule has 3 heteroatoms. The van der Waals surface area contributed by atoms with Gasteiger partial charge in [0.2, 0.25) is 0 Å². The van der Waals surface area contributed by atoms with Gasteiger partial charge < -0.3 is 4.90 Å². The lowest BCUT2D eigenvalue weighted by atomic mass is 10.1. The number of nitrogens with zero attached hydrogens (tertiary/aromatic N) is 1. The van der Waals surface area contributed by atoms with Crippen LogP contribution in [0.25, 0.3) is 0 Å². The van der Waals surface area contributed by atoms with Crippen molar-refractivity contribution in [2.24, 2.45) is 0 Å². The minimum atomic E-state index is 0.868. The fraction of sp³-hybridized carbons (Fsp3) is 0.250. The highest BCUT2D eigenvalue weighted by Crippen LogP contribution is 2.27. The topological polar surface area (TPSA) is 3.24 Å². The predicted octanol–water partition coefficient (Wildman–Crippen LogP) is 5.37. The smallest absolute Gasteiger partial charge is 0.0429 e. The molecule has 0 saturated carbocycles. The molecule has 0 spiro atoms. The Labute approximate surface area is 131 Å². The third-order valence-corrected chi connectivity index (χ3v) is 4.22. The zero-order valence-electron chi connectivity index (χ0n) is 10.9. The lowest BCUT2D eigenvalue weighted by molar-refractivity contribution is 0.827. The van der Waals surface area contributed by atoms with Crippen molar-refractivity contribution in [3.05, 3.63) is 64.1 Å². The van der Waals surface area contributed by atoms with Crippen LogP contribution in [0.3, 0.4) is 0 Å². The molecule has 0 aliphatic heterocycles. The second-order valence-electron chi connectivity index (χ2n) is 4.41. The summed E-state index contributed by atoms with van der Waals surface area (Å²) in [5.74, 6) is 0. The Balaban J connectivity index is 2.27. The molecule has 1 nitrogen and oxygen atoms in total. The average molecular weight is 383 g/mol. The predicted molar refractivity (Wildman–Crippen MR) is 89.9 cm³/mol. The van der Waals surface area contributed by atoms with Crippen LogP contribution in [0.2, 0.25) is 0 Å². The highest BCUT2D eigenvalue weighted by Gasteiger charge is 2.10. The number of benzene rings is 2. The number of alkyl halides is 1. The van der Waals surface area contributed by atoms with Gasteiger partial charge in [0.05, 0.1) is 0 Å². The van der Waals surface area contributed by atoms with Gasteiger partial charge in [0, 0.05) is 28.6 Å². The maximum absolute atomic E-state index is 3.58. The van der Waals surface area contributed by atoms with E-state index in [2.05, 4.69) is 92.2 Å². The Morgan fingerprint density at radius 1 is 1.05 bits per heavy atom. The van der Waals surface area contributed by atoms with E-state index in [1.807, 2.05) is 0 Å². The molecule has 0 amide bonds. The first-order valence-electron chi connectivity index (χ1n) is 6.38. The minimum Gasteiger partial charge on any atom is -0.367 e. The van der Waals surface area contributed by atoms with Crippen LogP contribution in [0, 0.1) is 0 Å². The fourth-order valence-corrected chi connectivity index (χ4v) is 3.00. The van der Waals surface area contributed by atoms with Gasteiger partial charge in [0.1, 0.15) is 0 Å². The summed E-state index contributed by atoms with van der Waals surface area (Å²) in [7, 11) is 0. The van der Waals surface area contributed by atoms with Gasteiger partial charge in [-0.05, 0) is 36.2 Å². The van der Waals surface area contributed by atoms with Crippen molar-refractivity contribution < 1.29 is 0 Å². The maximum Gasteiger partial charge on any atom is 0.0429 e. The van der Waals surface area contributed by atoms with Crippen molar-refractivity contribution in [2.45, 2.75) is 18.8 Å². The summed E-state index contributed by atoms with van der Waals surface area (Å²) < 4.78 is 1.13. The van der Waals surface area contributed by atoms with Crippen LogP contribution >= 0.6 is 31.9 Å². The first-order chi connectivity index (χ1) is 9.24. The van der Waals surface area contributed by atoms with Crippen molar-refractivity contribution in [1.82, 2.24) is 0 Å². The van der Waals surface area contributed by atoms with Crippen LogP contribution in [-0.2, 0) is 11.9 Å². The van der Waals surface area contributed by atoms with Gasteiger partial charge in [-0.25, -0.2) is 0 Å². The van der Waals surface area contributed by atoms with Crippen molar-refractivity contribution in [2.75, 3.05) is 11.4 Å². The molecule has 2 aromatic rings. The third-order valence-electron chi connectivity index (χ3n) is 3.12. The van der Waals surface area contributed by atoms with Crippen molar-refractivity contribution in [3.63, 3.8) is 0 Å². The zero-order chi connectivity index (χ0) is 13.7. The van der Waals surface area contributed by atoms with Crippen molar-refractivity contribution >= 4 is 37.5 Å². The minimum absolute atomic E-state index is 0.868. The second-order valence-corrected chi connectivity index (χ2v) is 5.88. The first kappa shape index (κ1) is 14.6. The van der Waals surface area contributed by atoms with Crippen LogP contribution in [0.1, 0.15) is 18.1 Å². The van der Waals surface area contributed by atoms with E-state index in [1.165, 1.54) is 16.8 Å². The zero-order valence-corrected chi connectivity index (χ0v) is 14.1. The summed E-state index contributed by atoms with van der Waals surface area (Å²) >= 11 is 7.11. The molecule has 0 unspecified atom stereocenters. The Hall–Kier alpha value is -0.800. The van der Waals surface area contributed by atoms with Crippen LogP contribution < -0.4 is 4.90 Å². The number of hydrogen-bond donors (Lipinski definition) is 0. The van der Waals surface area contributed by atoms with E-state index in [0.717, 1.165) is 22.9 Å². The maximum atomic E-state index is 3.58. The standard InChI is InChI=1S/C16H17Br2N/c1-2-19(12-13-6-4-3-5-7-13)16-9-8-15(18)10-14(16)11-17/h3-10H,2,11-12H2,1H3. The largest absolute Gasteiger partial charge is 0.367 e. The van der Waals surface area contributed by atoms with E-state index in [-0.39, 0.29) is 0 Å². The van der Waals surface area contributed by atoms with E-state index in [0.29, 0.717) is 0 Å². The molecule has 0 saturated heterocycles. The number of anilines is 1. The summed E-state index contributed by atoms with van der Waals surface area (Å²) in [4.78, 5) is 2.40. The normalized spacial score (nSPS) is 10.5. The molecule has 100 valence electrons. The highest BCUT2D eigenvalue weighted by atomic mass is 79.9. The van der Waals surface area contributed by atoms with Gasteiger partial charge in [-0.2, -0.15) is 0 Å². The molecule has 0 fully saturated rings. The molecule has 2 rings (SSSR count). The van der Waals surface area contributed by atoms with Gasteiger partial charge in [0.25, 0.3) is 0 Å². The van der Waals surface area contributed by atoms with Gasteiger partial charge in [0.15, 0.2) is 0 Å². The highest BCUT2D eigenvalue weighted by molar-refractivity contribution is 9.10. The summed E-state index contributed by atoms with van der Waals surface area (Å²) in [6.45, 7) is 4.14. The number of hydrogen-bond acceptors (Lipinski definition) is 1. The van der Waals surface area contributed by atoms with E-state index in [9.17, 15) is 0 Å². The second kappa shape index (κ2) is 7.11. The molecule has 19 heavy (non-hydrogen) atoms. The Morgan fingerprint density at radius 3 is 2.42 bits per heavy atom. The van der Waals surface area contributed by atoms with Crippen LogP contribution in [0.5, 0.6) is 0 Å². The number of halogens is 2. The van der Waals surface area contributed by atoms with Crippen LogP contribution in [0.15, 0.2) is 53.0 Å². The molecular formula is C16H17Br2N. The summed E-state index contributed by atoms with van der Waals surface area (Å²) in [5, 5.41) is 0.868. The van der Waals surface area contributed by atoms with E-state index >= 15 is 0 Å². The van der Waals surface area contributed by atoms with Gasteiger partial charge in [-0.1, -0.05) is 62.2 Å².